The summed E-state index contributed by atoms with van der Waals surface area (Å²) in [5.74, 6) is 0.276. The molecule has 1 amide bonds. The molecular weight excluding hydrogens is 298 g/mol. The second kappa shape index (κ2) is 9.19. The van der Waals surface area contributed by atoms with Gasteiger partial charge in [0.05, 0.1) is 6.54 Å². The maximum absolute atomic E-state index is 12.4. The molecular formula is C20H31N3O. The van der Waals surface area contributed by atoms with Crippen LogP contribution in [-0.2, 0) is 11.3 Å². The summed E-state index contributed by atoms with van der Waals surface area (Å²) in [7, 11) is 0. The predicted molar refractivity (Wildman–Crippen MR) is 97.8 cm³/mol. The Morgan fingerprint density at radius 3 is 2.29 bits per heavy atom. The molecule has 1 saturated heterocycles. The maximum atomic E-state index is 12.4. The summed E-state index contributed by atoms with van der Waals surface area (Å²) < 4.78 is 0. The average Bonchev–Trinajstić information content (AvgIpc) is 2.90. The van der Waals surface area contributed by atoms with Gasteiger partial charge >= 0.3 is 0 Å². The molecule has 1 aromatic rings. The van der Waals surface area contributed by atoms with E-state index < -0.39 is 0 Å². The molecule has 1 saturated carbocycles. The summed E-state index contributed by atoms with van der Waals surface area (Å²) in [5.41, 5.74) is 1.35. The van der Waals surface area contributed by atoms with Crippen molar-refractivity contribution in [1.29, 1.82) is 0 Å². The van der Waals surface area contributed by atoms with Crippen LogP contribution in [0.1, 0.15) is 44.1 Å². The molecule has 0 aromatic heterocycles. The minimum atomic E-state index is 0.276. The van der Waals surface area contributed by atoms with Crippen molar-refractivity contribution in [2.45, 2.75) is 51.1 Å². The first-order valence-corrected chi connectivity index (χ1v) is 9.59. The van der Waals surface area contributed by atoms with Gasteiger partial charge in [-0.1, -0.05) is 56.0 Å². The molecule has 4 nitrogen and oxygen atoms in total. The maximum Gasteiger partial charge on any atom is 0.236 e. The highest BCUT2D eigenvalue weighted by Crippen LogP contribution is 2.17. The molecule has 3 rings (SSSR count). The molecule has 132 valence electrons. The Morgan fingerprint density at radius 1 is 0.958 bits per heavy atom. The topological polar surface area (TPSA) is 35.6 Å². The largest absolute Gasteiger partial charge is 0.339 e. The first-order chi connectivity index (χ1) is 11.8. The summed E-state index contributed by atoms with van der Waals surface area (Å²) in [6.07, 6.45) is 7.80. The molecule has 1 aliphatic carbocycles. The zero-order chi connectivity index (χ0) is 16.6. The van der Waals surface area contributed by atoms with Crippen molar-refractivity contribution in [3.05, 3.63) is 35.9 Å². The number of hydrogen-bond acceptors (Lipinski definition) is 3. The summed E-state index contributed by atoms with van der Waals surface area (Å²) in [6.45, 7) is 5.18. The summed E-state index contributed by atoms with van der Waals surface area (Å²) in [5, 5.41) is 3.50. The van der Waals surface area contributed by atoms with E-state index in [1.54, 1.807) is 0 Å². The number of carbonyl (C=O) groups is 1. The van der Waals surface area contributed by atoms with E-state index in [1.807, 2.05) is 4.90 Å². The first-order valence-electron chi connectivity index (χ1n) is 9.59. The molecule has 0 unspecified atom stereocenters. The molecule has 1 aromatic carbocycles. The Balaban J connectivity index is 1.37. The van der Waals surface area contributed by atoms with E-state index in [1.165, 1.54) is 44.1 Å². The minimum Gasteiger partial charge on any atom is -0.339 e. The lowest BCUT2D eigenvalue weighted by Gasteiger charge is -2.35. The monoisotopic (exact) mass is 329 g/mol. The van der Waals surface area contributed by atoms with Crippen LogP contribution >= 0.6 is 0 Å². The van der Waals surface area contributed by atoms with Crippen LogP contribution in [0.5, 0.6) is 0 Å². The number of nitrogens with zero attached hydrogens (tertiary/aromatic N) is 2. The van der Waals surface area contributed by atoms with Crippen molar-refractivity contribution in [3.63, 3.8) is 0 Å². The quantitative estimate of drug-likeness (QED) is 0.844. The number of carbonyl (C=O) groups excluding carboxylic acids is 1. The molecule has 0 bridgehead atoms. The van der Waals surface area contributed by atoms with Crippen LogP contribution < -0.4 is 5.32 Å². The normalized spacial score (nSPS) is 20.8. The lowest BCUT2D eigenvalue weighted by Crippen LogP contribution is -2.51. The number of rotatable bonds is 5. The van der Waals surface area contributed by atoms with Crippen LogP contribution in [0.15, 0.2) is 30.3 Å². The van der Waals surface area contributed by atoms with E-state index in [0.717, 1.165) is 32.7 Å². The van der Waals surface area contributed by atoms with Crippen molar-refractivity contribution >= 4 is 5.91 Å². The van der Waals surface area contributed by atoms with Crippen molar-refractivity contribution in [2.75, 3.05) is 32.7 Å². The molecule has 0 atom stereocenters. The third-order valence-corrected chi connectivity index (χ3v) is 5.37. The van der Waals surface area contributed by atoms with Gasteiger partial charge in [-0.25, -0.2) is 0 Å². The SMILES string of the molecule is O=C(CNC1CCCCCC1)N1CCN(Cc2ccccc2)CC1. The number of piperazine rings is 1. The van der Waals surface area contributed by atoms with Gasteiger partial charge in [-0.3, -0.25) is 9.69 Å². The lowest BCUT2D eigenvalue weighted by molar-refractivity contribution is -0.132. The van der Waals surface area contributed by atoms with Crippen LogP contribution in [0, 0.1) is 0 Å². The van der Waals surface area contributed by atoms with Crippen LogP contribution in [0.2, 0.25) is 0 Å². The van der Waals surface area contributed by atoms with Gasteiger partial charge in [0.1, 0.15) is 0 Å². The summed E-state index contributed by atoms with van der Waals surface area (Å²) in [4.78, 5) is 16.9. The Hall–Kier alpha value is -1.39. The zero-order valence-corrected chi connectivity index (χ0v) is 14.8. The number of nitrogens with one attached hydrogen (secondary N) is 1. The van der Waals surface area contributed by atoms with E-state index >= 15 is 0 Å². The van der Waals surface area contributed by atoms with E-state index in [2.05, 4.69) is 40.5 Å². The van der Waals surface area contributed by atoms with Crippen molar-refractivity contribution in [3.8, 4) is 0 Å². The van der Waals surface area contributed by atoms with E-state index in [-0.39, 0.29) is 5.91 Å². The standard InChI is InChI=1S/C20H31N3O/c24-20(16-21-19-10-6-1-2-7-11-19)23-14-12-22(13-15-23)17-18-8-4-3-5-9-18/h3-5,8-9,19,21H,1-2,6-7,10-17H2. The minimum absolute atomic E-state index is 0.276. The van der Waals surface area contributed by atoms with Gasteiger partial charge in [0.2, 0.25) is 5.91 Å². The fourth-order valence-corrected chi connectivity index (χ4v) is 3.82. The Bertz CT molecular complexity index is 489. The Kier molecular flexibility index (Phi) is 6.67. The smallest absolute Gasteiger partial charge is 0.236 e. The third-order valence-electron chi connectivity index (χ3n) is 5.37. The molecule has 0 spiro atoms. The van der Waals surface area contributed by atoms with Crippen LogP contribution in [0.4, 0.5) is 0 Å². The Morgan fingerprint density at radius 2 is 1.62 bits per heavy atom. The fraction of sp³-hybridized carbons (Fsp3) is 0.650. The predicted octanol–water partition coefficient (Wildman–Crippen LogP) is 2.64. The van der Waals surface area contributed by atoms with Crippen LogP contribution in [0.3, 0.4) is 0 Å². The van der Waals surface area contributed by atoms with Gasteiger partial charge < -0.3 is 10.2 Å². The second-order valence-corrected chi connectivity index (χ2v) is 7.21. The van der Waals surface area contributed by atoms with Crippen molar-refractivity contribution in [2.24, 2.45) is 0 Å². The molecule has 1 aliphatic heterocycles. The number of benzene rings is 1. The van der Waals surface area contributed by atoms with Crippen LogP contribution in [-0.4, -0.2) is 54.5 Å². The zero-order valence-electron chi connectivity index (χ0n) is 14.8. The van der Waals surface area contributed by atoms with Crippen LogP contribution in [0.25, 0.3) is 0 Å². The lowest BCUT2D eigenvalue weighted by atomic mass is 10.1. The highest BCUT2D eigenvalue weighted by atomic mass is 16.2. The average molecular weight is 329 g/mol. The molecule has 2 aliphatic rings. The number of hydrogen-bond donors (Lipinski definition) is 1. The Labute approximate surface area is 146 Å². The summed E-state index contributed by atoms with van der Waals surface area (Å²) in [6, 6.07) is 11.1. The fourth-order valence-electron chi connectivity index (χ4n) is 3.82. The van der Waals surface area contributed by atoms with Gasteiger partial charge in [-0.15, -0.1) is 0 Å². The summed E-state index contributed by atoms with van der Waals surface area (Å²) >= 11 is 0. The molecule has 2 fully saturated rings. The molecule has 4 heteroatoms. The third kappa shape index (κ3) is 5.32. The van der Waals surface area contributed by atoms with Crippen molar-refractivity contribution in [1.82, 2.24) is 15.1 Å². The number of amides is 1. The molecule has 1 heterocycles. The molecule has 24 heavy (non-hydrogen) atoms. The van der Waals surface area contributed by atoms with Gasteiger partial charge in [0.25, 0.3) is 0 Å². The molecule has 0 radical (unpaired) electrons. The van der Waals surface area contributed by atoms with Crippen molar-refractivity contribution < 1.29 is 4.79 Å². The van der Waals surface area contributed by atoms with E-state index in [0.29, 0.717) is 12.6 Å². The van der Waals surface area contributed by atoms with E-state index in [4.69, 9.17) is 0 Å². The van der Waals surface area contributed by atoms with Gasteiger partial charge in [0.15, 0.2) is 0 Å². The van der Waals surface area contributed by atoms with Gasteiger partial charge in [0, 0.05) is 38.8 Å². The van der Waals surface area contributed by atoms with Gasteiger partial charge in [-0.05, 0) is 18.4 Å². The second-order valence-electron chi connectivity index (χ2n) is 7.21. The highest BCUT2D eigenvalue weighted by molar-refractivity contribution is 5.78. The van der Waals surface area contributed by atoms with Gasteiger partial charge in [-0.2, -0.15) is 0 Å². The molecule has 1 N–H and O–H groups in total. The highest BCUT2D eigenvalue weighted by Gasteiger charge is 2.21. The first kappa shape index (κ1) is 17.4. The van der Waals surface area contributed by atoms with E-state index in [9.17, 15) is 4.79 Å².